The molecule has 3 nitrogen and oxygen atoms in total. The second kappa shape index (κ2) is 3.93. The molecule has 1 aromatic rings. The lowest BCUT2D eigenvalue weighted by Gasteiger charge is -1.86. The van der Waals surface area contributed by atoms with Crippen LogP contribution in [0.15, 0.2) is 0 Å². The molecule has 0 saturated heterocycles. The molecule has 0 aliphatic rings. The lowest BCUT2D eigenvalue weighted by molar-refractivity contribution is 0.305. The molecule has 0 bridgehead atoms. The Hall–Kier alpha value is -1.27. The molecule has 0 aliphatic heterocycles. The number of rotatable bonds is 1. The maximum atomic E-state index is 8.51. The van der Waals surface area contributed by atoms with Crippen LogP contribution in [-0.4, -0.2) is 21.9 Å². The summed E-state index contributed by atoms with van der Waals surface area (Å²) in [4.78, 5) is 0. The third kappa shape index (κ3) is 1.86. The topological polar surface area (TPSA) is 48.9 Å². The minimum atomic E-state index is 0.114. The van der Waals surface area contributed by atoms with Gasteiger partial charge in [0.15, 0.2) is 0 Å². The molecule has 0 atom stereocenters. The van der Waals surface area contributed by atoms with Crippen LogP contribution in [0.2, 0.25) is 0 Å². The van der Waals surface area contributed by atoms with Gasteiger partial charge in [0.25, 0.3) is 0 Å². The molecule has 0 unspecified atom stereocenters. The molecular formula is C9H12N2O. The molecule has 1 rings (SSSR count). The number of nitrogens with one attached hydrogen (secondary N) is 1. The Labute approximate surface area is 71.8 Å². The molecule has 3 heteroatoms. The summed E-state index contributed by atoms with van der Waals surface area (Å²) >= 11 is 0. The number of H-pyrrole nitrogens is 1. The molecule has 0 aromatic carbocycles. The van der Waals surface area contributed by atoms with Crippen LogP contribution in [-0.2, 0) is 0 Å². The van der Waals surface area contributed by atoms with E-state index in [-0.39, 0.29) is 6.61 Å². The molecule has 2 N–H and O–H groups in total. The van der Waals surface area contributed by atoms with Crippen LogP contribution in [0.25, 0.3) is 0 Å². The van der Waals surface area contributed by atoms with Crippen LogP contribution in [0.3, 0.4) is 0 Å². The van der Waals surface area contributed by atoms with E-state index in [0.29, 0.717) is 6.42 Å². The van der Waals surface area contributed by atoms with Gasteiger partial charge in [-0.25, -0.2) is 0 Å². The summed E-state index contributed by atoms with van der Waals surface area (Å²) < 4.78 is 0. The highest BCUT2D eigenvalue weighted by molar-refractivity contribution is 5.40. The summed E-state index contributed by atoms with van der Waals surface area (Å²) in [5.41, 5.74) is 2.85. The number of aliphatic hydroxyl groups excluding tert-OH is 1. The summed E-state index contributed by atoms with van der Waals surface area (Å²) in [7, 11) is 0. The molecule has 0 saturated carbocycles. The Bertz CT molecular complexity index is 298. The Morgan fingerprint density at radius 1 is 1.50 bits per heavy atom. The van der Waals surface area contributed by atoms with Crippen LogP contribution in [0.5, 0.6) is 0 Å². The molecule has 0 aliphatic carbocycles. The first-order chi connectivity index (χ1) is 5.75. The molecule has 64 valence electrons. The van der Waals surface area contributed by atoms with E-state index >= 15 is 0 Å². The maximum Gasteiger partial charge on any atom is 0.0750 e. The average molecular weight is 164 g/mol. The van der Waals surface area contributed by atoms with Crippen molar-refractivity contribution in [3.63, 3.8) is 0 Å². The first kappa shape index (κ1) is 8.82. The minimum absolute atomic E-state index is 0.114. The monoisotopic (exact) mass is 164 g/mol. The number of hydrogen-bond acceptors (Lipinski definition) is 2. The molecule has 12 heavy (non-hydrogen) atoms. The third-order valence-electron chi connectivity index (χ3n) is 1.58. The zero-order chi connectivity index (χ0) is 8.97. The molecular weight excluding hydrogens is 152 g/mol. The lowest BCUT2D eigenvalue weighted by Crippen LogP contribution is -1.81. The first-order valence-corrected chi connectivity index (χ1v) is 3.87. The van der Waals surface area contributed by atoms with Crippen molar-refractivity contribution in [1.29, 1.82) is 0 Å². The first-order valence-electron chi connectivity index (χ1n) is 3.87. The van der Waals surface area contributed by atoms with Crippen LogP contribution >= 0.6 is 0 Å². The van der Waals surface area contributed by atoms with E-state index < -0.39 is 0 Å². The number of aryl methyl sites for hydroxylation is 2. The minimum Gasteiger partial charge on any atom is -0.395 e. The number of nitrogens with zero attached hydrogens (tertiary/aromatic N) is 1. The van der Waals surface area contributed by atoms with Crippen LogP contribution in [0, 0.1) is 25.7 Å². The van der Waals surface area contributed by atoms with Gasteiger partial charge < -0.3 is 5.11 Å². The predicted molar refractivity (Wildman–Crippen MR) is 46.6 cm³/mol. The van der Waals surface area contributed by atoms with E-state index in [1.165, 1.54) is 0 Å². The summed E-state index contributed by atoms with van der Waals surface area (Å²) in [5, 5.41) is 15.4. The fourth-order valence-corrected chi connectivity index (χ4v) is 0.942. The molecule has 0 spiro atoms. The average Bonchev–Trinajstić information content (AvgIpc) is 2.35. The van der Waals surface area contributed by atoms with Crippen molar-refractivity contribution in [1.82, 2.24) is 10.2 Å². The zero-order valence-corrected chi connectivity index (χ0v) is 7.31. The van der Waals surface area contributed by atoms with Crippen LogP contribution < -0.4 is 0 Å². The van der Waals surface area contributed by atoms with Gasteiger partial charge in [-0.3, -0.25) is 5.10 Å². The highest BCUT2D eigenvalue weighted by Gasteiger charge is 2.00. The van der Waals surface area contributed by atoms with Crippen molar-refractivity contribution >= 4 is 0 Å². The third-order valence-corrected chi connectivity index (χ3v) is 1.58. The Balaban J connectivity index is 2.82. The van der Waals surface area contributed by atoms with Gasteiger partial charge in [0.1, 0.15) is 0 Å². The zero-order valence-electron chi connectivity index (χ0n) is 7.31. The van der Waals surface area contributed by atoms with Gasteiger partial charge in [-0.2, -0.15) is 5.10 Å². The van der Waals surface area contributed by atoms with E-state index in [9.17, 15) is 0 Å². The number of aromatic amines is 1. The fourth-order valence-electron chi connectivity index (χ4n) is 0.942. The second-order valence-corrected chi connectivity index (χ2v) is 2.58. The highest BCUT2D eigenvalue weighted by Crippen LogP contribution is 2.06. The van der Waals surface area contributed by atoms with Crippen molar-refractivity contribution in [2.24, 2.45) is 0 Å². The van der Waals surface area contributed by atoms with Gasteiger partial charge in [-0.05, 0) is 13.8 Å². The molecule has 0 fully saturated rings. The van der Waals surface area contributed by atoms with Gasteiger partial charge in [0, 0.05) is 12.1 Å². The molecule has 1 aromatic heterocycles. The van der Waals surface area contributed by atoms with Crippen LogP contribution in [0.1, 0.15) is 23.4 Å². The predicted octanol–water partition coefficient (Wildman–Crippen LogP) is 0.760. The SMILES string of the molecule is Cc1n[nH]c(C)c1C#CCCO. The van der Waals surface area contributed by atoms with Gasteiger partial charge in [0.05, 0.1) is 17.9 Å². The molecule has 0 amide bonds. The quantitative estimate of drug-likeness (QED) is 0.602. The van der Waals surface area contributed by atoms with Crippen molar-refractivity contribution < 1.29 is 5.11 Å². The van der Waals surface area contributed by atoms with E-state index in [0.717, 1.165) is 17.0 Å². The number of aliphatic hydroxyl groups is 1. The Morgan fingerprint density at radius 3 is 2.75 bits per heavy atom. The highest BCUT2D eigenvalue weighted by atomic mass is 16.2. The Morgan fingerprint density at radius 2 is 2.25 bits per heavy atom. The Kier molecular flexibility index (Phi) is 2.89. The van der Waals surface area contributed by atoms with Gasteiger partial charge in [-0.15, -0.1) is 0 Å². The van der Waals surface area contributed by atoms with Crippen molar-refractivity contribution in [3.05, 3.63) is 17.0 Å². The smallest absolute Gasteiger partial charge is 0.0750 e. The normalized spacial score (nSPS) is 9.25. The van der Waals surface area contributed by atoms with Gasteiger partial charge in [-0.1, -0.05) is 11.8 Å². The maximum absolute atomic E-state index is 8.51. The van der Waals surface area contributed by atoms with Gasteiger partial charge in [0.2, 0.25) is 0 Å². The fraction of sp³-hybridized carbons (Fsp3) is 0.444. The van der Waals surface area contributed by atoms with Crippen molar-refractivity contribution in [2.75, 3.05) is 6.61 Å². The van der Waals surface area contributed by atoms with E-state index in [1.54, 1.807) is 0 Å². The summed E-state index contributed by atoms with van der Waals surface area (Å²) in [6.07, 6.45) is 0.518. The van der Waals surface area contributed by atoms with Crippen molar-refractivity contribution in [2.45, 2.75) is 20.3 Å². The van der Waals surface area contributed by atoms with Gasteiger partial charge >= 0.3 is 0 Å². The second-order valence-electron chi connectivity index (χ2n) is 2.58. The summed E-state index contributed by atoms with van der Waals surface area (Å²) in [5.74, 6) is 5.82. The van der Waals surface area contributed by atoms with E-state index in [4.69, 9.17) is 5.11 Å². The molecule has 1 heterocycles. The summed E-state index contributed by atoms with van der Waals surface area (Å²) in [6.45, 7) is 3.96. The van der Waals surface area contributed by atoms with E-state index in [1.807, 2.05) is 13.8 Å². The van der Waals surface area contributed by atoms with Crippen molar-refractivity contribution in [3.8, 4) is 11.8 Å². The standard InChI is InChI=1S/C9H12N2O/c1-7-9(5-3-4-6-12)8(2)11-10-7/h12H,4,6H2,1-2H3,(H,10,11). The van der Waals surface area contributed by atoms with Crippen LogP contribution in [0.4, 0.5) is 0 Å². The lowest BCUT2D eigenvalue weighted by atomic mass is 10.2. The summed E-state index contributed by atoms with van der Waals surface area (Å²) in [6, 6.07) is 0. The molecule has 0 radical (unpaired) electrons. The number of hydrogen-bond donors (Lipinski definition) is 2. The number of aromatic nitrogens is 2. The van der Waals surface area contributed by atoms with E-state index in [2.05, 4.69) is 22.0 Å². The largest absolute Gasteiger partial charge is 0.395 e.